The molecule has 1 heterocycles. The molecule has 2 amide bonds. The topological polar surface area (TPSA) is 67.4 Å². The van der Waals surface area contributed by atoms with Crippen molar-refractivity contribution in [1.82, 2.24) is 0 Å². The number of amides is 2. The fourth-order valence-corrected chi connectivity index (χ4v) is 4.08. The second-order valence-corrected chi connectivity index (χ2v) is 7.85. The predicted molar refractivity (Wildman–Crippen MR) is 115 cm³/mol. The van der Waals surface area contributed by atoms with Crippen LogP contribution in [0.25, 0.3) is 0 Å². The third-order valence-corrected chi connectivity index (χ3v) is 5.78. The highest BCUT2D eigenvalue weighted by molar-refractivity contribution is 8.00. The number of carbonyl (C=O) groups is 2. The monoisotopic (exact) mass is 404 g/mol. The minimum atomic E-state index is -0.535. The molecule has 2 N–H and O–H groups in total. The summed E-state index contributed by atoms with van der Waals surface area (Å²) >= 11 is 1.49. The Morgan fingerprint density at radius 1 is 1.03 bits per heavy atom. The zero-order valence-corrected chi connectivity index (χ0v) is 16.6. The Balaban J connectivity index is 1.57. The van der Waals surface area contributed by atoms with Gasteiger partial charge in [-0.25, -0.2) is 0 Å². The van der Waals surface area contributed by atoms with E-state index in [1.807, 2.05) is 60.7 Å². The Kier molecular flexibility index (Phi) is 5.53. The van der Waals surface area contributed by atoms with Crippen molar-refractivity contribution in [3.8, 4) is 5.75 Å². The molecule has 146 valence electrons. The van der Waals surface area contributed by atoms with Gasteiger partial charge in [0.25, 0.3) is 5.91 Å². The first-order valence-corrected chi connectivity index (χ1v) is 10.2. The van der Waals surface area contributed by atoms with E-state index in [0.717, 1.165) is 10.5 Å². The van der Waals surface area contributed by atoms with E-state index >= 15 is 0 Å². The van der Waals surface area contributed by atoms with Crippen molar-refractivity contribution >= 4 is 35.0 Å². The number of nitrogens with one attached hydrogen (secondary N) is 2. The molecule has 3 aromatic carbocycles. The third kappa shape index (κ3) is 4.43. The Morgan fingerprint density at radius 3 is 2.45 bits per heavy atom. The highest BCUT2D eigenvalue weighted by Crippen LogP contribution is 2.37. The SMILES string of the molecule is C[C@@H]1Oc2ccc(NC(=O)[C@H](Sc3ccccc3)c3ccccc3)cc2NC1=O. The van der Waals surface area contributed by atoms with Crippen LogP contribution in [0.2, 0.25) is 0 Å². The van der Waals surface area contributed by atoms with E-state index in [1.165, 1.54) is 11.8 Å². The summed E-state index contributed by atoms with van der Waals surface area (Å²) in [4.78, 5) is 26.0. The number of thioether (sulfide) groups is 1. The molecule has 0 aromatic heterocycles. The van der Waals surface area contributed by atoms with E-state index in [4.69, 9.17) is 4.74 Å². The molecule has 0 saturated heterocycles. The number of hydrogen-bond donors (Lipinski definition) is 2. The molecule has 3 aromatic rings. The average Bonchev–Trinajstić information content (AvgIpc) is 2.74. The smallest absolute Gasteiger partial charge is 0.265 e. The Hall–Kier alpha value is -3.25. The van der Waals surface area contributed by atoms with Gasteiger partial charge >= 0.3 is 0 Å². The van der Waals surface area contributed by atoms with Crippen molar-refractivity contribution in [3.63, 3.8) is 0 Å². The second-order valence-electron chi connectivity index (χ2n) is 6.67. The molecule has 4 rings (SSSR count). The van der Waals surface area contributed by atoms with Gasteiger partial charge in [0.1, 0.15) is 11.0 Å². The van der Waals surface area contributed by atoms with Gasteiger partial charge in [0, 0.05) is 10.6 Å². The number of carbonyl (C=O) groups excluding carboxylic acids is 2. The van der Waals surface area contributed by atoms with E-state index in [0.29, 0.717) is 17.1 Å². The molecule has 0 bridgehead atoms. The van der Waals surface area contributed by atoms with Gasteiger partial charge in [-0.15, -0.1) is 11.8 Å². The molecule has 1 aliphatic heterocycles. The van der Waals surface area contributed by atoms with E-state index < -0.39 is 11.4 Å². The summed E-state index contributed by atoms with van der Waals surface area (Å²) in [5.41, 5.74) is 2.07. The number of ether oxygens (including phenoxy) is 1. The Morgan fingerprint density at radius 2 is 1.72 bits per heavy atom. The maximum atomic E-state index is 13.2. The molecular weight excluding hydrogens is 384 g/mol. The number of hydrogen-bond acceptors (Lipinski definition) is 4. The lowest BCUT2D eigenvalue weighted by molar-refractivity contribution is -0.122. The summed E-state index contributed by atoms with van der Waals surface area (Å²) in [7, 11) is 0. The van der Waals surface area contributed by atoms with Gasteiger partial charge in [-0.1, -0.05) is 48.5 Å². The third-order valence-electron chi connectivity index (χ3n) is 4.52. The minimum Gasteiger partial charge on any atom is -0.479 e. The van der Waals surface area contributed by atoms with Crippen LogP contribution < -0.4 is 15.4 Å². The van der Waals surface area contributed by atoms with E-state index in [1.54, 1.807) is 25.1 Å². The van der Waals surface area contributed by atoms with Crippen molar-refractivity contribution < 1.29 is 14.3 Å². The van der Waals surface area contributed by atoms with Gasteiger partial charge in [-0.2, -0.15) is 0 Å². The Labute approximate surface area is 173 Å². The van der Waals surface area contributed by atoms with Gasteiger partial charge in [0.15, 0.2) is 6.10 Å². The molecule has 0 fully saturated rings. The molecule has 0 unspecified atom stereocenters. The van der Waals surface area contributed by atoms with Gasteiger partial charge in [-0.3, -0.25) is 9.59 Å². The van der Waals surface area contributed by atoms with Crippen LogP contribution in [0, 0.1) is 0 Å². The molecule has 0 saturated carbocycles. The molecule has 0 radical (unpaired) electrons. The van der Waals surface area contributed by atoms with Crippen LogP contribution in [0.4, 0.5) is 11.4 Å². The maximum Gasteiger partial charge on any atom is 0.265 e. The van der Waals surface area contributed by atoms with Crippen LogP contribution in [0.15, 0.2) is 83.8 Å². The fourth-order valence-electron chi connectivity index (χ4n) is 3.03. The first kappa shape index (κ1) is 19.1. The molecule has 0 aliphatic carbocycles. The van der Waals surface area contributed by atoms with Crippen molar-refractivity contribution in [1.29, 1.82) is 0 Å². The second kappa shape index (κ2) is 8.41. The largest absolute Gasteiger partial charge is 0.479 e. The quantitative estimate of drug-likeness (QED) is 0.595. The molecule has 2 atom stereocenters. The van der Waals surface area contributed by atoms with Crippen LogP contribution in [-0.4, -0.2) is 17.9 Å². The van der Waals surface area contributed by atoms with Crippen molar-refractivity contribution in [3.05, 3.63) is 84.4 Å². The predicted octanol–water partition coefficient (Wildman–Crippen LogP) is 4.88. The zero-order valence-electron chi connectivity index (χ0n) is 15.8. The van der Waals surface area contributed by atoms with E-state index in [2.05, 4.69) is 10.6 Å². The lowest BCUT2D eigenvalue weighted by Crippen LogP contribution is -2.34. The van der Waals surface area contributed by atoms with Gasteiger partial charge in [0.05, 0.1) is 5.69 Å². The lowest BCUT2D eigenvalue weighted by atomic mass is 10.1. The molecule has 6 heteroatoms. The summed E-state index contributed by atoms with van der Waals surface area (Å²) in [6, 6.07) is 24.7. The number of anilines is 2. The summed E-state index contributed by atoms with van der Waals surface area (Å²) in [6.45, 7) is 1.69. The molecule has 0 spiro atoms. The molecule has 29 heavy (non-hydrogen) atoms. The van der Waals surface area contributed by atoms with E-state index in [9.17, 15) is 9.59 Å². The van der Waals surface area contributed by atoms with Gasteiger partial charge < -0.3 is 15.4 Å². The van der Waals surface area contributed by atoms with Crippen LogP contribution in [0.1, 0.15) is 17.7 Å². The average molecular weight is 404 g/mol. The van der Waals surface area contributed by atoms with Gasteiger partial charge in [0.2, 0.25) is 5.91 Å². The zero-order chi connectivity index (χ0) is 20.2. The van der Waals surface area contributed by atoms with Crippen molar-refractivity contribution in [2.45, 2.75) is 23.2 Å². The summed E-state index contributed by atoms with van der Waals surface area (Å²) in [6.07, 6.45) is -0.535. The summed E-state index contributed by atoms with van der Waals surface area (Å²) < 4.78 is 5.57. The van der Waals surface area contributed by atoms with Crippen molar-refractivity contribution in [2.24, 2.45) is 0 Å². The van der Waals surface area contributed by atoms with Crippen LogP contribution in [0.3, 0.4) is 0 Å². The molecule has 1 aliphatic rings. The fraction of sp³-hybridized carbons (Fsp3) is 0.130. The molecular formula is C23H20N2O3S. The van der Waals surface area contributed by atoms with Crippen LogP contribution in [-0.2, 0) is 9.59 Å². The van der Waals surface area contributed by atoms with Crippen molar-refractivity contribution in [2.75, 3.05) is 10.6 Å². The van der Waals surface area contributed by atoms with Crippen LogP contribution in [0.5, 0.6) is 5.75 Å². The summed E-state index contributed by atoms with van der Waals surface area (Å²) in [5, 5.41) is 5.36. The number of rotatable bonds is 5. The normalized spacial score (nSPS) is 16.2. The molecule has 5 nitrogen and oxygen atoms in total. The van der Waals surface area contributed by atoms with Gasteiger partial charge in [-0.05, 0) is 42.8 Å². The number of fused-ring (bicyclic) bond motifs is 1. The number of benzene rings is 3. The van der Waals surface area contributed by atoms with E-state index in [-0.39, 0.29) is 11.8 Å². The first-order valence-electron chi connectivity index (χ1n) is 9.29. The maximum absolute atomic E-state index is 13.2. The van der Waals surface area contributed by atoms with Crippen LogP contribution >= 0.6 is 11.8 Å². The minimum absolute atomic E-state index is 0.138. The summed E-state index contributed by atoms with van der Waals surface area (Å²) in [5.74, 6) is 0.248. The standard InChI is InChI=1S/C23H20N2O3S/c1-15-22(26)25-19-14-17(12-13-20(19)28-15)24-23(27)21(16-8-4-2-5-9-16)29-18-10-6-3-7-11-18/h2-15,21H,1H3,(H,24,27)(H,25,26)/t15-,21+/m0/s1. The lowest BCUT2D eigenvalue weighted by Gasteiger charge is -2.24. The highest BCUT2D eigenvalue weighted by Gasteiger charge is 2.25. The Bertz CT molecular complexity index is 1020. The highest BCUT2D eigenvalue weighted by atomic mass is 32.2. The first-order chi connectivity index (χ1) is 14.1.